The zero-order valence-electron chi connectivity index (χ0n) is 15.7. The molecule has 0 aromatic rings. The molecule has 4 heteroatoms. The molecule has 5 fully saturated rings. The van der Waals surface area contributed by atoms with Gasteiger partial charge in [-0.2, -0.15) is 0 Å². The van der Waals surface area contributed by atoms with E-state index in [2.05, 4.69) is 18.3 Å². The molecule has 6 rings (SSSR count). The molecule has 5 saturated carbocycles. The van der Waals surface area contributed by atoms with E-state index in [9.17, 15) is 14.7 Å². The van der Waals surface area contributed by atoms with Crippen LogP contribution in [0.2, 0.25) is 0 Å². The number of carboxylic acid groups (broad SMARTS) is 1. The van der Waals surface area contributed by atoms with E-state index in [4.69, 9.17) is 0 Å². The summed E-state index contributed by atoms with van der Waals surface area (Å²) in [6.45, 7) is 2.19. The van der Waals surface area contributed by atoms with Gasteiger partial charge in [-0.1, -0.05) is 19.1 Å². The molecule has 4 nitrogen and oxygen atoms in total. The van der Waals surface area contributed by atoms with Crippen molar-refractivity contribution in [2.24, 2.45) is 46.8 Å². The van der Waals surface area contributed by atoms with Crippen LogP contribution in [0, 0.1) is 46.8 Å². The van der Waals surface area contributed by atoms with E-state index in [0.29, 0.717) is 0 Å². The Morgan fingerprint density at radius 1 is 1.00 bits per heavy atom. The molecular weight excluding hydrogens is 326 g/mol. The molecule has 5 atom stereocenters. The predicted molar refractivity (Wildman–Crippen MR) is 98.2 cm³/mol. The van der Waals surface area contributed by atoms with Crippen LogP contribution in [-0.4, -0.2) is 23.0 Å². The van der Waals surface area contributed by atoms with Crippen molar-refractivity contribution in [1.29, 1.82) is 0 Å². The second-order valence-electron chi connectivity index (χ2n) is 10.1. The van der Waals surface area contributed by atoms with Crippen molar-refractivity contribution in [3.63, 3.8) is 0 Å². The maximum absolute atomic E-state index is 13.2. The van der Waals surface area contributed by atoms with Crippen molar-refractivity contribution >= 4 is 11.9 Å². The third kappa shape index (κ3) is 2.40. The third-order valence-electron chi connectivity index (χ3n) is 8.60. The quantitative estimate of drug-likeness (QED) is 0.739. The van der Waals surface area contributed by atoms with Crippen LogP contribution < -0.4 is 5.32 Å². The molecular formula is C22H31NO3. The number of rotatable bonds is 5. The fourth-order valence-electron chi connectivity index (χ4n) is 8.08. The Morgan fingerprint density at radius 2 is 1.54 bits per heavy atom. The van der Waals surface area contributed by atoms with Crippen molar-refractivity contribution in [2.45, 2.75) is 64.3 Å². The minimum Gasteiger partial charge on any atom is -0.481 e. The van der Waals surface area contributed by atoms with Gasteiger partial charge in [0.05, 0.1) is 11.8 Å². The maximum atomic E-state index is 13.2. The molecule has 6 aliphatic rings. The van der Waals surface area contributed by atoms with Gasteiger partial charge < -0.3 is 10.4 Å². The highest BCUT2D eigenvalue weighted by atomic mass is 16.4. The number of hydrogen-bond donors (Lipinski definition) is 2. The summed E-state index contributed by atoms with van der Waals surface area (Å²) in [5.41, 5.74) is 0.283. The average molecular weight is 357 g/mol. The minimum absolute atomic E-state index is 0.0110. The molecule has 0 heterocycles. The second kappa shape index (κ2) is 5.84. The van der Waals surface area contributed by atoms with Crippen molar-refractivity contribution in [3.05, 3.63) is 12.2 Å². The summed E-state index contributed by atoms with van der Waals surface area (Å²) >= 11 is 0. The highest BCUT2D eigenvalue weighted by molar-refractivity contribution is 5.87. The van der Waals surface area contributed by atoms with Gasteiger partial charge >= 0.3 is 5.97 Å². The molecule has 0 aliphatic heterocycles. The first-order valence-electron chi connectivity index (χ1n) is 10.7. The van der Waals surface area contributed by atoms with Gasteiger partial charge in [0.1, 0.15) is 0 Å². The number of carbonyl (C=O) groups excluding carboxylic acids is 1. The van der Waals surface area contributed by atoms with Gasteiger partial charge in [-0.25, -0.2) is 0 Å². The molecule has 0 aromatic heterocycles. The van der Waals surface area contributed by atoms with Crippen LogP contribution in [-0.2, 0) is 9.59 Å². The highest BCUT2D eigenvalue weighted by Crippen LogP contribution is 2.61. The Labute approximate surface area is 155 Å². The summed E-state index contributed by atoms with van der Waals surface area (Å²) in [5, 5.41) is 13.1. The third-order valence-corrected chi connectivity index (χ3v) is 8.60. The Bertz CT molecular complexity index is 618. The normalized spacial score (nSPS) is 48.7. The number of aliphatic carboxylic acids is 1. The lowest BCUT2D eigenvalue weighted by molar-refractivity contribution is -0.148. The largest absolute Gasteiger partial charge is 0.481 e. The summed E-state index contributed by atoms with van der Waals surface area (Å²) < 4.78 is 0. The monoisotopic (exact) mass is 357 g/mol. The second-order valence-corrected chi connectivity index (χ2v) is 10.1. The van der Waals surface area contributed by atoms with E-state index in [-0.39, 0.29) is 35.1 Å². The van der Waals surface area contributed by atoms with Gasteiger partial charge in [-0.05, 0) is 86.4 Å². The molecule has 26 heavy (non-hydrogen) atoms. The molecule has 0 aromatic carbocycles. The lowest BCUT2D eigenvalue weighted by Gasteiger charge is -2.59. The topological polar surface area (TPSA) is 66.4 Å². The van der Waals surface area contributed by atoms with E-state index in [1.807, 2.05) is 6.08 Å². The summed E-state index contributed by atoms with van der Waals surface area (Å²) in [5.74, 6) is 1.08. The Hall–Kier alpha value is -1.32. The van der Waals surface area contributed by atoms with Crippen LogP contribution in [0.25, 0.3) is 0 Å². The summed E-state index contributed by atoms with van der Waals surface area (Å²) in [7, 11) is 0. The lowest BCUT2D eigenvalue weighted by Crippen LogP contribution is -2.58. The van der Waals surface area contributed by atoms with Crippen LogP contribution in [0.1, 0.15) is 58.3 Å². The summed E-state index contributed by atoms with van der Waals surface area (Å²) in [4.78, 5) is 25.0. The molecule has 0 spiro atoms. The van der Waals surface area contributed by atoms with E-state index >= 15 is 0 Å². The number of amides is 1. The summed E-state index contributed by atoms with van der Waals surface area (Å²) in [6.07, 6.45) is 13.9. The fourth-order valence-corrected chi connectivity index (χ4v) is 8.08. The first-order valence-corrected chi connectivity index (χ1v) is 10.7. The van der Waals surface area contributed by atoms with Crippen molar-refractivity contribution < 1.29 is 14.7 Å². The number of hydrogen-bond acceptors (Lipinski definition) is 2. The van der Waals surface area contributed by atoms with E-state index < -0.39 is 11.9 Å². The zero-order valence-corrected chi connectivity index (χ0v) is 15.7. The standard InChI is InChI=1S/C22H31NO3/c1-2-17(22-9-12-5-13(10-22)7-14(6-12)11-22)23-20(24)18-15-3-4-16(8-15)19(18)21(25)26/h3-4,12-19H,2,5-11H2,1H3,(H,23,24)(H,25,26)/t12?,13?,14?,15-,16-,17-,18-,19-,22?/m0/s1. The SMILES string of the molecule is CC[C@H](NC(=O)[C@@H]1[C@@H](C(=O)O)[C@H]2C=C[C@H]1C2)C12CC3CC(CC(C3)C1)C2. The number of fused-ring (bicyclic) bond motifs is 2. The predicted octanol–water partition coefficient (Wildman–Crippen LogP) is 3.62. The maximum Gasteiger partial charge on any atom is 0.307 e. The van der Waals surface area contributed by atoms with Crippen LogP contribution in [0.5, 0.6) is 0 Å². The van der Waals surface area contributed by atoms with Gasteiger partial charge in [-0.15, -0.1) is 0 Å². The van der Waals surface area contributed by atoms with Crippen LogP contribution in [0.4, 0.5) is 0 Å². The number of nitrogens with one attached hydrogen (secondary N) is 1. The minimum atomic E-state index is -0.801. The first-order chi connectivity index (χ1) is 12.5. The van der Waals surface area contributed by atoms with Gasteiger partial charge in [0, 0.05) is 6.04 Å². The molecule has 142 valence electrons. The van der Waals surface area contributed by atoms with Gasteiger partial charge in [0.25, 0.3) is 0 Å². The Balaban J connectivity index is 1.35. The highest BCUT2D eigenvalue weighted by Gasteiger charge is 2.56. The molecule has 1 amide bonds. The number of carbonyl (C=O) groups is 2. The Kier molecular flexibility index (Phi) is 3.78. The molecule has 0 radical (unpaired) electrons. The number of carboxylic acids is 1. The molecule has 6 bridgehead atoms. The first kappa shape index (κ1) is 16.8. The van der Waals surface area contributed by atoms with Crippen molar-refractivity contribution in [1.82, 2.24) is 5.32 Å². The van der Waals surface area contributed by atoms with E-state index in [0.717, 1.165) is 30.6 Å². The average Bonchev–Trinajstić information content (AvgIpc) is 3.19. The molecule has 2 N–H and O–H groups in total. The van der Waals surface area contributed by atoms with Crippen LogP contribution in [0.3, 0.4) is 0 Å². The molecule has 0 saturated heterocycles. The van der Waals surface area contributed by atoms with Crippen molar-refractivity contribution in [2.75, 3.05) is 0 Å². The van der Waals surface area contributed by atoms with E-state index in [1.54, 1.807) is 0 Å². The van der Waals surface area contributed by atoms with Gasteiger partial charge in [0.15, 0.2) is 0 Å². The number of allylic oxidation sites excluding steroid dienone is 2. The molecule has 0 unspecified atom stereocenters. The van der Waals surface area contributed by atoms with E-state index in [1.165, 1.54) is 38.5 Å². The summed E-state index contributed by atoms with van der Waals surface area (Å²) in [6, 6.07) is 0.223. The zero-order chi connectivity index (χ0) is 18.1. The smallest absolute Gasteiger partial charge is 0.307 e. The van der Waals surface area contributed by atoms with Crippen LogP contribution >= 0.6 is 0 Å². The fraction of sp³-hybridized carbons (Fsp3) is 0.818. The van der Waals surface area contributed by atoms with Crippen molar-refractivity contribution in [3.8, 4) is 0 Å². The Morgan fingerprint density at radius 3 is 2.04 bits per heavy atom. The molecule has 6 aliphatic carbocycles. The van der Waals surface area contributed by atoms with Gasteiger partial charge in [0.2, 0.25) is 5.91 Å². The van der Waals surface area contributed by atoms with Gasteiger partial charge in [-0.3, -0.25) is 9.59 Å². The lowest BCUT2D eigenvalue weighted by atomic mass is 9.47. The van der Waals surface area contributed by atoms with Crippen LogP contribution in [0.15, 0.2) is 12.2 Å².